The Morgan fingerprint density at radius 1 is 1.15 bits per heavy atom. The second kappa shape index (κ2) is 12.0. The van der Waals surface area contributed by atoms with Gasteiger partial charge in [-0.05, 0) is 39.4 Å². The lowest BCUT2D eigenvalue weighted by molar-refractivity contribution is -0.137. The van der Waals surface area contributed by atoms with Gasteiger partial charge >= 0.3 is 12.2 Å². The molecule has 6 rings (SSSR count). The Hall–Kier alpha value is -4.38. The molecule has 0 spiro atoms. The third kappa shape index (κ3) is 5.97. The molecule has 0 saturated carbocycles. The molecule has 0 unspecified atom stereocenters. The molecule has 0 aromatic carbocycles. The molecule has 1 fully saturated rings. The first-order valence-electron chi connectivity index (χ1n) is 14.4. The second-order valence-corrected chi connectivity index (χ2v) is 11.9. The minimum absolute atomic E-state index is 0.0191. The Labute approximate surface area is 268 Å². The molecule has 18 heteroatoms. The molecule has 0 radical (unpaired) electrons. The minimum atomic E-state index is -5.07. The van der Waals surface area contributed by atoms with Gasteiger partial charge in [-0.2, -0.15) is 23.1 Å². The van der Waals surface area contributed by atoms with Crippen molar-refractivity contribution in [3.63, 3.8) is 0 Å². The summed E-state index contributed by atoms with van der Waals surface area (Å²) >= 11 is 5.86. The third-order valence-electron chi connectivity index (χ3n) is 8.25. The Kier molecular flexibility index (Phi) is 8.32. The number of likely N-dealkylation sites (tertiary alicyclic amines) is 1. The van der Waals surface area contributed by atoms with Crippen molar-refractivity contribution in [1.29, 1.82) is 0 Å². The van der Waals surface area contributed by atoms with Gasteiger partial charge in [0.15, 0.2) is 5.82 Å². The van der Waals surface area contributed by atoms with E-state index < -0.39 is 69.4 Å². The quantitative estimate of drug-likeness (QED) is 0.200. The van der Waals surface area contributed by atoms with E-state index >= 15 is 4.39 Å². The van der Waals surface area contributed by atoms with Gasteiger partial charge in [-0.15, -0.1) is 0 Å². The SMILES string of the molecule is C[C@H](c1cc(F)cnc1N)N1c2nc(OC[C@@H]3C[C@@H](F)CN3C)nc3c(F)c(-c4cc(N)nc(Cl)c4C(F)(F)F)nc(c23)OC[C@@H]1C. The molecule has 4 aromatic rings. The number of nitrogens with two attached hydrogens (primary N) is 2. The highest BCUT2D eigenvalue weighted by molar-refractivity contribution is 6.30. The molecule has 2 aliphatic rings. The number of rotatable bonds is 6. The Balaban J connectivity index is 1.59. The summed E-state index contributed by atoms with van der Waals surface area (Å²) in [6.45, 7) is 3.41. The van der Waals surface area contributed by atoms with Crippen LogP contribution in [0.3, 0.4) is 0 Å². The van der Waals surface area contributed by atoms with Crippen molar-refractivity contribution in [3.8, 4) is 23.1 Å². The number of alkyl halides is 4. The van der Waals surface area contributed by atoms with Crippen molar-refractivity contribution in [2.24, 2.45) is 0 Å². The van der Waals surface area contributed by atoms with Crippen LogP contribution in [0.15, 0.2) is 18.3 Å². The first-order chi connectivity index (χ1) is 22.1. The highest BCUT2D eigenvalue weighted by Crippen LogP contribution is 2.46. The molecule has 2 aliphatic heterocycles. The first kappa shape index (κ1) is 32.6. The van der Waals surface area contributed by atoms with Gasteiger partial charge in [-0.3, -0.25) is 4.90 Å². The lowest BCUT2D eigenvalue weighted by Crippen LogP contribution is -2.39. The summed E-state index contributed by atoms with van der Waals surface area (Å²) in [5, 5.41) is -1.10. The van der Waals surface area contributed by atoms with Crippen LogP contribution in [0.1, 0.15) is 37.4 Å². The predicted octanol–water partition coefficient (Wildman–Crippen LogP) is 5.37. The highest BCUT2D eigenvalue weighted by atomic mass is 35.5. The summed E-state index contributed by atoms with van der Waals surface area (Å²) in [6.07, 6.45) is -5.02. The smallest absolute Gasteiger partial charge is 0.420 e. The topological polar surface area (TPSA) is 141 Å². The van der Waals surface area contributed by atoms with Gasteiger partial charge in [-0.1, -0.05) is 11.6 Å². The number of hydrogen-bond donors (Lipinski definition) is 2. The van der Waals surface area contributed by atoms with Gasteiger partial charge in [0, 0.05) is 23.7 Å². The molecule has 6 heterocycles. The number of halogens is 7. The molecular weight excluding hydrogens is 656 g/mol. The van der Waals surface area contributed by atoms with Gasteiger partial charge in [0.25, 0.3) is 0 Å². The average molecular weight is 684 g/mol. The van der Waals surface area contributed by atoms with Crippen molar-refractivity contribution in [1.82, 2.24) is 29.8 Å². The van der Waals surface area contributed by atoms with Crippen LogP contribution >= 0.6 is 11.6 Å². The first-order valence-corrected chi connectivity index (χ1v) is 14.8. The molecule has 47 heavy (non-hydrogen) atoms. The number of anilines is 3. The van der Waals surface area contributed by atoms with E-state index in [4.69, 9.17) is 32.5 Å². The van der Waals surface area contributed by atoms with E-state index in [0.29, 0.717) is 0 Å². The van der Waals surface area contributed by atoms with E-state index in [0.717, 1.165) is 12.3 Å². The number of pyridine rings is 3. The predicted molar refractivity (Wildman–Crippen MR) is 161 cm³/mol. The molecule has 11 nitrogen and oxygen atoms in total. The van der Waals surface area contributed by atoms with Crippen LogP contribution in [0.2, 0.25) is 5.15 Å². The number of nitrogens with zero attached hydrogens (tertiary/aromatic N) is 7. The van der Waals surface area contributed by atoms with Gasteiger partial charge in [0.05, 0.1) is 18.3 Å². The zero-order valence-corrected chi connectivity index (χ0v) is 25.9. The molecular formula is C29H28ClF6N9O2. The van der Waals surface area contributed by atoms with Crippen LogP contribution < -0.4 is 25.8 Å². The Morgan fingerprint density at radius 3 is 2.57 bits per heavy atom. The summed E-state index contributed by atoms with van der Waals surface area (Å²) in [6, 6.07) is -0.0445. The van der Waals surface area contributed by atoms with E-state index in [-0.39, 0.29) is 66.7 Å². The summed E-state index contributed by atoms with van der Waals surface area (Å²) in [5.41, 5.74) is 8.55. The Bertz CT molecular complexity index is 1870. The maximum absolute atomic E-state index is 16.6. The molecule has 1 saturated heterocycles. The van der Waals surface area contributed by atoms with Crippen LogP contribution in [0.25, 0.3) is 22.2 Å². The fourth-order valence-electron chi connectivity index (χ4n) is 6.01. The maximum Gasteiger partial charge on any atom is 0.420 e. The Morgan fingerprint density at radius 2 is 1.89 bits per heavy atom. The highest BCUT2D eigenvalue weighted by Gasteiger charge is 2.40. The van der Waals surface area contributed by atoms with Gasteiger partial charge in [0.2, 0.25) is 5.88 Å². The van der Waals surface area contributed by atoms with E-state index in [1.165, 1.54) is 6.07 Å². The maximum atomic E-state index is 16.6. The third-order valence-corrected chi connectivity index (χ3v) is 8.53. The lowest BCUT2D eigenvalue weighted by atomic mass is 10.0. The van der Waals surface area contributed by atoms with Crippen molar-refractivity contribution in [2.75, 3.05) is 43.2 Å². The number of ether oxygens (including phenoxy) is 2. The van der Waals surface area contributed by atoms with Crippen LogP contribution in [-0.2, 0) is 6.18 Å². The summed E-state index contributed by atoms with van der Waals surface area (Å²) in [7, 11) is 1.72. The largest absolute Gasteiger partial charge is 0.475 e. The number of nitrogen functional groups attached to an aromatic ring is 2. The van der Waals surface area contributed by atoms with Crippen molar-refractivity contribution >= 4 is 40.0 Å². The van der Waals surface area contributed by atoms with Crippen molar-refractivity contribution in [2.45, 2.75) is 50.7 Å². The number of hydrogen-bond acceptors (Lipinski definition) is 11. The standard InChI is InChI=1S/C29H28ClF6N9O2/c1-11-9-46-27-19-23(21(33)22(41-27)17-6-18(37)40-24(30)20(17)29(34,35)36)42-28(47-10-15-4-14(32)8-44(15)3)43-26(19)45(11)12(2)16-5-13(31)7-39-25(16)38/h5-7,11-12,14-15H,4,8-10H2,1-3H3,(H2,37,40)(H2,38,39)/t11-,12+,14+,15-/m0/s1. The van der Waals surface area contributed by atoms with E-state index in [9.17, 15) is 22.0 Å². The van der Waals surface area contributed by atoms with Gasteiger partial charge < -0.3 is 25.8 Å². The van der Waals surface area contributed by atoms with Crippen molar-refractivity contribution < 1.29 is 35.8 Å². The van der Waals surface area contributed by atoms with Crippen LogP contribution in [0.4, 0.5) is 43.8 Å². The summed E-state index contributed by atoms with van der Waals surface area (Å²) in [4.78, 5) is 23.8. The summed E-state index contributed by atoms with van der Waals surface area (Å²) < 4.78 is 99.5. The molecule has 0 aliphatic carbocycles. The van der Waals surface area contributed by atoms with Crippen LogP contribution in [0, 0.1) is 11.6 Å². The van der Waals surface area contributed by atoms with E-state index in [1.54, 1.807) is 30.7 Å². The van der Waals surface area contributed by atoms with Gasteiger partial charge in [0.1, 0.15) is 70.0 Å². The monoisotopic (exact) mass is 683 g/mol. The van der Waals surface area contributed by atoms with Crippen molar-refractivity contribution in [3.05, 3.63) is 46.2 Å². The minimum Gasteiger partial charge on any atom is -0.475 e. The number of aromatic nitrogens is 5. The van der Waals surface area contributed by atoms with E-state index in [2.05, 4.69) is 24.9 Å². The lowest BCUT2D eigenvalue weighted by Gasteiger charge is -2.35. The van der Waals surface area contributed by atoms with Gasteiger partial charge in [-0.25, -0.2) is 28.1 Å². The fourth-order valence-corrected chi connectivity index (χ4v) is 6.31. The molecule has 4 N–H and O–H groups in total. The molecule has 0 amide bonds. The molecule has 250 valence electrons. The normalized spacial score (nSPS) is 20.7. The molecule has 4 aromatic heterocycles. The second-order valence-electron chi connectivity index (χ2n) is 11.5. The fraction of sp³-hybridized carbons (Fsp3) is 0.414. The molecule has 0 bridgehead atoms. The summed E-state index contributed by atoms with van der Waals surface area (Å²) in [5.74, 6) is -2.61. The zero-order chi connectivity index (χ0) is 33.9. The van der Waals surface area contributed by atoms with Crippen LogP contribution in [0.5, 0.6) is 11.9 Å². The zero-order valence-electron chi connectivity index (χ0n) is 25.1. The van der Waals surface area contributed by atoms with Crippen LogP contribution in [-0.4, -0.2) is 74.9 Å². The molecule has 4 atom stereocenters. The average Bonchev–Trinajstić information content (AvgIpc) is 3.24. The van der Waals surface area contributed by atoms with E-state index in [1.807, 2.05) is 0 Å². The number of likely N-dealkylation sites (N-methyl/N-ethyl adjacent to an activating group) is 1.